The molecule has 3 rings (SSSR count). The molecule has 0 bridgehead atoms. The number of nitrogens with one attached hydrogen (secondary N) is 3. The number of aliphatic hydroxyl groups is 1. The molecule has 246 valence electrons. The van der Waals surface area contributed by atoms with Crippen LogP contribution in [0.3, 0.4) is 0 Å². The van der Waals surface area contributed by atoms with Crippen molar-refractivity contribution in [3.05, 3.63) is 23.4 Å². The summed E-state index contributed by atoms with van der Waals surface area (Å²) in [5.41, 5.74) is -1.50. The summed E-state index contributed by atoms with van der Waals surface area (Å²) in [6, 6.07) is 0.563. The summed E-state index contributed by atoms with van der Waals surface area (Å²) >= 11 is 5.93. The van der Waals surface area contributed by atoms with E-state index in [9.17, 15) is 24.3 Å². The van der Waals surface area contributed by atoms with Gasteiger partial charge in [-0.15, -0.1) is 0 Å². The van der Waals surface area contributed by atoms with E-state index < -0.39 is 59.1 Å². The van der Waals surface area contributed by atoms with Crippen molar-refractivity contribution < 1.29 is 33.8 Å². The quantitative estimate of drug-likeness (QED) is 0.272. The highest BCUT2D eigenvalue weighted by Gasteiger charge is 2.46. The first-order chi connectivity index (χ1) is 20.5. The van der Waals surface area contributed by atoms with Crippen LogP contribution in [0.4, 0.5) is 4.79 Å². The van der Waals surface area contributed by atoms with Gasteiger partial charge in [0.05, 0.1) is 17.7 Å². The molecule has 2 heterocycles. The molecule has 1 saturated heterocycles. The lowest BCUT2D eigenvalue weighted by atomic mass is 9.85. The number of rotatable bonds is 12. The molecular formula is C31H48ClN5O7. The summed E-state index contributed by atoms with van der Waals surface area (Å²) in [5, 5.41) is 19.6. The van der Waals surface area contributed by atoms with Crippen molar-refractivity contribution in [2.75, 3.05) is 13.2 Å². The average Bonchev–Trinajstić information content (AvgIpc) is 3.63. The SMILES string of the molecule is CCC[C@H](NC(=O)[C@@H]1C[C@@H](COc2ccc(Cl)cn2)CN1C(=O)[C@@H](NC(=O)OC(C)(C)C)C(C)(C)C)C(O)C(=O)NC1CC1. The molecule has 1 aromatic rings. The van der Waals surface area contributed by atoms with E-state index >= 15 is 0 Å². The van der Waals surface area contributed by atoms with Crippen LogP contribution in [0.2, 0.25) is 5.02 Å². The standard InChI is InChI=1S/C31H48ClN5O7/c1-8-9-21(24(38)27(40)34-20-11-12-20)35-26(39)22-14-18(17-43-23-13-10-19(32)15-33-23)16-37(22)28(41)25(30(2,3)4)36-29(42)44-31(5,6)7/h10,13,15,18,20-22,24-25,38H,8-9,11-12,14,16-17H2,1-7H3,(H,34,40)(H,35,39)(H,36,42)/t18-,21+,22+,24?,25-/m1/s1. The minimum absolute atomic E-state index is 0.0563. The van der Waals surface area contributed by atoms with Crippen LogP contribution < -0.4 is 20.7 Å². The summed E-state index contributed by atoms with van der Waals surface area (Å²) in [5.74, 6) is -1.36. The summed E-state index contributed by atoms with van der Waals surface area (Å²) in [4.78, 5) is 58.9. The Bertz CT molecular complexity index is 1160. The fourth-order valence-electron chi connectivity index (χ4n) is 5.02. The molecule has 12 nitrogen and oxygen atoms in total. The van der Waals surface area contributed by atoms with E-state index in [2.05, 4.69) is 20.9 Å². The van der Waals surface area contributed by atoms with Crippen LogP contribution in [0.25, 0.3) is 0 Å². The van der Waals surface area contributed by atoms with Gasteiger partial charge in [-0.25, -0.2) is 9.78 Å². The van der Waals surface area contributed by atoms with Gasteiger partial charge in [0.2, 0.25) is 17.7 Å². The number of pyridine rings is 1. The van der Waals surface area contributed by atoms with Gasteiger partial charge in [-0.2, -0.15) is 0 Å². The van der Waals surface area contributed by atoms with Crippen molar-refractivity contribution in [2.45, 2.75) is 116 Å². The lowest BCUT2D eigenvalue weighted by Crippen LogP contribution is -2.59. The van der Waals surface area contributed by atoms with Crippen LogP contribution in [0.1, 0.15) is 80.6 Å². The monoisotopic (exact) mass is 637 g/mol. The molecule has 4 N–H and O–H groups in total. The second kappa shape index (κ2) is 14.8. The van der Waals surface area contributed by atoms with E-state index in [4.69, 9.17) is 21.1 Å². The number of aromatic nitrogens is 1. The highest BCUT2D eigenvalue weighted by Crippen LogP contribution is 2.30. The van der Waals surface area contributed by atoms with Crippen LogP contribution in [0.5, 0.6) is 5.88 Å². The molecular weight excluding hydrogens is 590 g/mol. The maximum absolute atomic E-state index is 14.1. The largest absolute Gasteiger partial charge is 0.477 e. The van der Waals surface area contributed by atoms with Gasteiger partial charge < -0.3 is 35.4 Å². The second-order valence-electron chi connectivity index (χ2n) is 13.8. The average molecular weight is 638 g/mol. The first kappa shape index (κ1) is 35.4. The third-order valence-electron chi connectivity index (χ3n) is 7.42. The number of alkyl carbamates (subject to hydrolysis) is 1. The normalized spacial score (nSPS) is 20.7. The summed E-state index contributed by atoms with van der Waals surface area (Å²) in [6.07, 6.45) is 2.26. The number of carbonyl (C=O) groups is 4. The molecule has 2 fully saturated rings. The Morgan fingerprint density at radius 2 is 1.80 bits per heavy atom. The zero-order chi connectivity index (χ0) is 32.8. The first-order valence-corrected chi connectivity index (χ1v) is 15.7. The van der Waals surface area contributed by atoms with Crippen LogP contribution in [-0.4, -0.2) is 87.8 Å². The topological polar surface area (TPSA) is 159 Å². The predicted octanol–water partition coefficient (Wildman–Crippen LogP) is 3.19. The molecule has 2 aliphatic rings. The van der Waals surface area contributed by atoms with Crippen LogP contribution in [-0.2, 0) is 19.1 Å². The van der Waals surface area contributed by atoms with E-state index in [0.29, 0.717) is 23.7 Å². The number of aliphatic hydroxyl groups excluding tert-OH is 1. The van der Waals surface area contributed by atoms with E-state index in [1.165, 1.54) is 11.1 Å². The molecule has 0 spiro atoms. The minimum Gasteiger partial charge on any atom is -0.477 e. The zero-order valence-corrected chi connectivity index (χ0v) is 27.6. The van der Waals surface area contributed by atoms with Gasteiger partial charge in [-0.3, -0.25) is 14.4 Å². The Kier molecular flexibility index (Phi) is 11.9. The van der Waals surface area contributed by atoms with Crippen molar-refractivity contribution in [1.29, 1.82) is 0 Å². The van der Waals surface area contributed by atoms with Gasteiger partial charge in [0, 0.05) is 30.8 Å². The van der Waals surface area contributed by atoms with Crippen molar-refractivity contribution in [3.63, 3.8) is 0 Å². The third kappa shape index (κ3) is 10.5. The van der Waals surface area contributed by atoms with E-state index in [0.717, 1.165) is 12.8 Å². The van der Waals surface area contributed by atoms with Crippen LogP contribution >= 0.6 is 11.6 Å². The van der Waals surface area contributed by atoms with Crippen molar-refractivity contribution in [1.82, 2.24) is 25.8 Å². The molecule has 1 unspecified atom stereocenters. The van der Waals surface area contributed by atoms with Crippen LogP contribution in [0, 0.1) is 11.3 Å². The second-order valence-corrected chi connectivity index (χ2v) is 14.2. The fraction of sp³-hybridized carbons (Fsp3) is 0.710. The predicted molar refractivity (Wildman–Crippen MR) is 165 cm³/mol. The Morgan fingerprint density at radius 3 is 2.34 bits per heavy atom. The highest BCUT2D eigenvalue weighted by molar-refractivity contribution is 6.30. The molecule has 13 heteroatoms. The van der Waals surface area contributed by atoms with Gasteiger partial charge in [0.25, 0.3) is 5.91 Å². The van der Waals surface area contributed by atoms with E-state index in [1.807, 2.05) is 27.7 Å². The number of likely N-dealkylation sites (tertiary alicyclic amines) is 1. The molecule has 5 atom stereocenters. The van der Waals surface area contributed by atoms with Gasteiger partial charge in [0.1, 0.15) is 17.7 Å². The maximum Gasteiger partial charge on any atom is 0.408 e. The zero-order valence-electron chi connectivity index (χ0n) is 26.8. The highest BCUT2D eigenvalue weighted by atomic mass is 35.5. The molecule has 1 aromatic heterocycles. The van der Waals surface area contributed by atoms with E-state index in [-0.39, 0.29) is 31.5 Å². The number of carbonyl (C=O) groups excluding carboxylic acids is 4. The smallest absolute Gasteiger partial charge is 0.408 e. The number of hydrogen-bond donors (Lipinski definition) is 4. The Hall–Kier alpha value is -3.12. The fourth-order valence-corrected chi connectivity index (χ4v) is 5.13. The number of halogens is 1. The Morgan fingerprint density at radius 1 is 1.11 bits per heavy atom. The molecule has 0 aromatic carbocycles. The lowest BCUT2D eigenvalue weighted by molar-refractivity contribution is -0.143. The van der Waals surface area contributed by atoms with Gasteiger partial charge in [-0.05, 0) is 57.9 Å². The number of amides is 4. The van der Waals surface area contributed by atoms with Gasteiger partial charge >= 0.3 is 6.09 Å². The minimum atomic E-state index is -1.43. The number of nitrogens with zero attached hydrogens (tertiary/aromatic N) is 2. The third-order valence-corrected chi connectivity index (χ3v) is 7.64. The molecule has 0 radical (unpaired) electrons. The van der Waals surface area contributed by atoms with Crippen molar-refractivity contribution in [3.8, 4) is 5.88 Å². The summed E-state index contributed by atoms with van der Waals surface area (Å²) in [6.45, 7) is 12.9. The molecule has 1 saturated carbocycles. The van der Waals surface area contributed by atoms with Gasteiger partial charge in [0.15, 0.2) is 6.10 Å². The van der Waals surface area contributed by atoms with E-state index in [1.54, 1.807) is 32.9 Å². The van der Waals surface area contributed by atoms with Crippen LogP contribution in [0.15, 0.2) is 18.3 Å². The molecule has 1 aliphatic carbocycles. The molecule has 1 aliphatic heterocycles. The first-order valence-electron chi connectivity index (χ1n) is 15.3. The summed E-state index contributed by atoms with van der Waals surface area (Å²) < 4.78 is 11.3. The van der Waals surface area contributed by atoms with Gasteiger partial charge in [-0.1, -0.05) is 45.7 Å². The Labute approximate surface area is 265 Å². The Balaban J connectivity index is 1.83. The molecule has 4 amide bonds. The summed E-state index contributed by atoms with van der Waals surface area (Å²) in [7, 11) is 0. The maximum atomic E-state index is 14.1. The number of hydrogen-bond acceptors (Lipinski definition) is 8. The van der Waals surface area contributed by atoms with Crippen molar-refractivity contribution in [2.24, 2.45) is 11.3 Å². The lowest BCUT2D eigenvalue weighted by Gasteiger charge is -2.36. The molecule has 44 heavy (non-hydrogen) atoms. The van der Waals surface area contributed by atoms with Crippen molar-refractivity contribution >= 4 is 35.4 Å². The number of ether oxygens (including phenoxy) is 2.